The quantitative estimate of drug-likeness (QED) is 0.288. The van der Waals surface area contributed by atoms with E-state index < -0.39 is 11.8 Å². The van der Waals surface area contributed by atoms with Gasteiger partial charge < -0.3 is 5.32 Å². The van der Waals surface area contributed by atoms with Gasteiger partial charge in [0, 0.05) is 17.1 Å². The summed E-state index contributed by atoms with van der Waals surface area (Å²) in [6.07, 6.45) is 1.32. The van der Waals surface area contributed by atoms with Gasteiger partial charge in [0.2, 0.25) is 0 Å². The number of carbonyl (C=O) groups is 2. The molecule has 1 saturated heterocycles. The summed E-state index contributed by atoms with van der Waals surface area (Å²) >= 11 is 0. The molecule has 1 fully saturated rings. The van der Waals surface area contributed by atoms with Gasteiger partial charge in [0.25, 0.3) is 0 Å². The first kappa shape index (κ1) is 17.4. The molecule has 0 radical (unpaired) electrons. The van der Waals surface area contributed by atoms with E-state index in [0.29, 0.717) is 12.8 Å². The van der Waals surface area contributed by atoms with E-state index in [4.69, 9.17) is 5.84 Å². The Bertz CT molecular complexity index is 448. The van der Waals surface area contributed by atoms with E-state index >= 15 is 0 Å². The highest BCUT2D eigenvalue weighted by atomic mass is 16.2. The summed E-state index contributed by atoms with van der Waals surface area (Å²) in [5.41, 5.74) is 1.29. The molecule has 0 aliphatic carbocycles. The van der Waals surface area contributed by atoms with Crippen molar-refractivity contribution in [2.75, 3.05) is 0 Å². The molecule has 1 aliphatic rings. The Morgan fingerprint density at radius 1 is 1.24 bits per heavy atom. The van der Waals surface area contributed by atoms with Crippen molar-refractivity contribution in [3.8, 4) is 6.07 Å². The van der Waals surface area contributed by atoms with Crippen LogP contribution < -0.4 is 16.6 Å². The van der Waals surface area contributed by atoms with Crippen molar-refractivity contribution >= 4 is 11.8 Å². The Balaban J connectivity index is 2.93. The van der Waals surface area contributed by atoms with Crippen molar-refractivity contribution in [1.29, 1.82) is 5.26 Å². The molecular formula is C14H25N5O2. The van der Waals surface area contributed by atoms with Crippen molar-refractivity contribution in [3.63, 3.8) is 0 Å². The molecule has 0 aromatic carbocycles. The number of rotatable bonds is 2. The lowest BCUT2D eigenvalue weighted by molar-refractivity contribution is -0.140. The van der Waals surface area contributed by atoms with Crippen molar-refractivity contribution in [1.82, 2.24) is 15.6 Å². The molecule has 7 heteroatoms. The molecule has 1 rings (SSSR count). The van der Waals surface area contributed by atoms with E-state index in [2.05, 4.69) is 16.3 Å². The van der Waals surface area contributed by atoms with Crippen molar-refractivity contribution in [2.45, 2.75) is 70.6 Å². The van der Waals surface area contributed by atoms with Gasteiger partial charge in [-0.3, -0.25) is 19.9 Å². The second-order valence-corrected chi connectivity index (χ2v) is 6.85. The number of piperidine rings is 1. The molecule has 0 bridgehead atoms. The lowest BCUT2D eigenvalue weighted by Crippen LogP contribution is -2.66. The summed E-state index contributed by atoms with van der Waals surface area (Å²) < 4.78 is 0. The third-order valence-electron chi connectivity index (χ3n) is 4.04. The number of hydrogen-bond donors (Lipinski definition) is 3. The summed E-state index contributed by atoms with van der Waals surface area (Å²) in [6, 6.07) is 1.93. The molecule has 1 heterocycles. The van der Waals surface area contributed by atoms with Crippen molar-refractivity contribution in [2.24, 2.45) is 5.84 Å². The van der Waals surface area contributed by atoms with Gasteiger partial charge in [-0.15, -0.1) is 0 Å². The van der Waals surface area contributed by atoms with Gasteiger partial charge >= 0.3 is 11.8 Å². The topological polar surface area (TPSA) is 111 Å². The Morgan fingerprint density at radius 3 is 2.10 bits per heavy atom. The average Bonchev–Trinajstić information content (AvgIpc) is 2.34. The van der Waals surface area contributed by atoms with Crippen LogP contribution in [0.4, 0.5) is 0 Å². The van der Waals surface area contributed by atoms with Gasteiger partial charge in [0.15, 0.2) is 0 Å². The first-order valence-corrected chi connectivity index (χ1v) is 7.05. The fraction of sp³-hybridized carbons (Fsp3) is 0.786. The number of carbonyl (C=O) groups excluding carboxylic acids is 2. The molecule has 4 N–H and O–H groups in total. The predicted octanol–water partition coefficient (Wildman–Crippen LogP) is 0.0262. The number of nitrogens with zero attached hydrogens (tertiary/aromatic N) is 2. The van der Waals surface area contributed by atoms with Gasteiger partial charge in [-0.1, -0.05) is 0 Å². The van der Waals surface area contributed by atoms with Gasteiger partial charge in [-0.2, -0.15) is 5.26 Å². The Kier molecular flexibility index (Phi) is 4.97. The minimum absolute atomic E-state index is 0.137. The predicted molar refractivity (Wildman–Crippen MR) is 78.6 cm³/mol. The third-order valence-corrected chi connectivity index (χ3v) is 4.04. The normalized spacial score (nSPS) is 22.9. The number of hydrogen-bond acceptors (Lipinski definition) is 5. The van der Waals surface area contributed by atoms with Crippen LogP contribution in [0.25, 0.3) is 0 Å². The van der Waals surface area contributed by atoms with Gasteiger partial charge in [-0.25, -0.2) is 5.84 Å². The molecular weight excluding hydrogens is 270 g/mol. The number of hydrazine groups is 1. The van der Waals surface area contributed by atoms with Gasteiger partial charge in [0.05, 0.1) is 12.1 Å². The second-order valence-electron chi connectivity index (χ2n) is 6.85. The molecule has 118 valence electrons. The zero-order valence-corrected chi connectivity index (χ0v) is 13.4. The van der Waals surface area contributed by atoms with Gasteiger partial charge in [-0.05, 0) is 47.5 Å². The summed E-state index contributed by atoms with van der Waals surface area (Å²) in [4.78, 5) is 25.1. The Hall–Kier alpha value is -1.65. The Labute approximate surface area is 125 Å². The van der Waals surface area contributed by atoms with Crippen LogP contribution in [-0.4, -0.2) is 39.9 Å². The molecule has 1 aliphatic heterocycles. The smallest absolute Gasteiger partial charge is 0.323 e. The van der Waals surface area contributed by atoms with Crippen LogP contribution >= 0.6 is 0 Å². The minimum atomic E-state index is -0.849. The van der Waals surface area contributed by atoms with Crippen LogP contribution in [0.3, 0.4) is 0 Å². The highest BCUT2D eigenvalue weighted by molar-refractivity contribution is 6.34. The van der Waals surface area contributed by atoms with Crippen LogP contribution in [0, 0.1) is 11.3 Å². The summed E-state index contributed by atoms with van der Waals surface area (Å²) in [6.45, 7) is 10.1. The molecule has 0 aromatic rings. The largest absolute Gasteiger partial charge is 0.345 e. The lowest BCUT2D eigenvalue weighted by Gasteiger charge is -2.56. The number of nitriles is 1. The zero-order chi connectivity index (χ0) is 16.4. The van der Waals surface area contributed by atoms with E-state index in [-0.39, 0.29) is 23.2 Å². The highest BCUT2D eigenvalue weighted by Crippen LogP contribution is 2.39. The Morgan fingerprint density at radius 2 is 1.71 bits per heavy atom. The summed E-state index contributed by atoms with van der Waals surface area (Å²) in [5.74, 6) is 3.39. The maximum absolute atomic E-state index is 11.7. The average molecular weight is 295 g/mol. The maximum atomic E-state index is 11.7. The number of amides is 2. The standard InChI is InChI=1S/C14H25N5O2/c1-9(8-15)19-13(2,3)6-10(7-14(19,4)5)17-11(20)12(21)18-16/h9-10H,6-7,16H2,1-5H3,(H,17,20)(H,18,21). The minimum Gasteiger partial charge on any atom is -0.345 e. The zero-order valence-electron chi connectivity index (χ0n) is 13.4. The fourth-order valence-corrected chi connectivity index (χ4v) is 3.82. The van der Waals surface area contributed by atoms with Crippen LogP contribution in [0.2, 0.25) is 0 Å². The molecule has 0 spiro atoms. The molecule has 7 nitrogen and oxygen atoms in total. The number of nitrogens with two attached hydrogens (primary N) is 1. The van der Waals surface area contributed by atoms with Crippen molar-refractivity contribution in [3.05, 3.63) is 0 Å². The van der Waals surface area contributed by atoms with Gasteiger partial charge in [0.1, 0.15) is 0 Å². The van der Waals surface area contributed by atoms with Crippen LogP contribution in [0.15, 0.2) is 0 Å². The molecule has 0 saturated carbocycles. The van der Waals surface area contributed by atoms with E-state index in [0.717, 1.165) is 0 Å². The fourth-order valence-electron chi connectivity index (χ4n) is 3.82. The maximum Gasteiger partial charge on any atom is 0.323 e. The first-order chi connectivity index (χ1) is 9.55. The molecule has 21 heavy (non-hydrogen) atoms. The highest BCUT2D eigenvalue weighted by Gasteiger charge is 2.47. The lowest BCUT2D eigenvalue weighted by atomic mass is 9.76. The molecule has 0 aromatic heterocycles. The monoisotopic (exact) mass is 295 g/mol. The van der Waals surface area contributed by atoms with Crippen LogP contribution in [-0.2, 0) is 9.59 Å². The molecule has 1 atom stereocenters. The van der Waals surface area contributed by atoms with E-state index in [1.807, 2.05) is 40.0 Å². The SMILES string of the molecule is CC(C#N)N1C(C)(C)CC(NC(=O)C(=O)NN)CC1(C)C. The number of likely N-dealkylation sites (tertiary alicyclic amines) is 1. The van der Waals surface area contributed by atoms with E-state index in [1.165, 1.54) is 0 Å². The van der Waals surface area contributed by atoms with Crippen LogP contribution in [0.1, 0.15) is 47.5 Å². The molecule has 1 unspecified atom stereocenters. The third kappa shape index (κ3) is 3.71. The van der Waals surface area contributed by atoms with Crippen LogP contribution in [0.5, 0.6) is 0 Å². The van der Waals surface area contributed by atoms with E-state index in [9.17, 15) is 14.9 Å². The summed E-state index contributed by atoms with van der Waals surface area (Å²) in [7, 11) is 0. The van der Waals surface area contributed by atoms with Crippen molar-refractivity contribution < 1.29 is 9.59 Å². The van der Waals surface area contributed by atoms with E-state index in [1.54, 1.807) is 0 Å². The second kappa shape index (κ2) is 6.00. The first-order valence-electron chi connectivity index (χ1n) is 7.05. The molecule has 2 amide bonds. The number of nitrogens with one attached hydrogen (secondary N) is 2. The summed E-state index contributed by atoms with van der Waals surface area (Å²) in [5, 5.41) is 12.0.